The smallest absolute Gasteiger partial charge is 0.126 e. The first-order chi connectivity index (χ1) is 7.78. The highest BCUT2D eigenvalue weighted by Crippen LogP contribution is 2.13. The van der Waals surface area contributed by atoms with E-state index in [9.17, 15) is 0 Å². The average molecular weight is 216 g/mol. The lowest BCUT2D eigenvalue weighted by Crippen LogP contribution is -2.39. The number of pyridine rings is 1. The number of aromatic nitrogens is 1. The Morgan fingerprint density at radius 1 is 1.56 bits per heavy atom. The van der Waals surface area contributed by atoms with Crippen molar-refractivity contribution in [2.75, 3.05) is 25.5 Å². The summed E-state index contributed by atoms with van der Waals surface area (Å²) in [7, 11) is 2.14. The fraction of sp³-hybridized carbons (Fsp3) is 0.500. The van der Waals surface area contributed by atoms with Gasteiger partial charge in [-0.1, -0.05) is 0 Å². The van der Waals surface area contributed by atoms with Crippen molar-refractivity contribution in [2.24, 2.45) is 0 Å². The molecule has 84 valence electrons. The van der Waals surface area contributed by atoms with E-state index in [0.717, 1.165) is 12.4 Å². The lowest BCUT2D eigenvalue weighted by molar-refractivity contribution is 0.261. The van der Waals surface area contributed by atoms with Gasteiger partial charge < -0.3 is 10.2 Å². The van der Waals surface area contributed by atoms with Gasteiger partial charge in [-0.25, -0.2) is 4.98 Å². The molecule has 1 fully saturated rings. The second kappa shape index (κ2) is 4.95. The Balaban J connectivity index is 1.95. The van der Waals surface area contributed by atoms with E-state index in [1.807, 2.05) is 6.07 Å². The van der Waals surface area contributed by atoms with Crippen LogP contribution in [0.3, 0.4) is 0 Å². The van der Waals surface area contributed by atoms with Gasteiger partial charge in [0.05, 0.1) is 5.56 Å². The van der Waals surface area contributed by atoms with Gasteiger partial charge in [-0.05, 0) is 38.6 Å². The van der Waals surface area contributed by atoms with Gasteiger partial charge in [-0.15, -0.1) is 0 Å². The maximum Gasteiger partial charge on any atom is 0.126 e. The summed E-state index contributed by atoms with van der Waals surface area (Å²) in [6.07, 6.45) is 4.02. The SMILES string of the molecule is CN1CCCC(Nc2ccc(C#N)cn2)C1. The van der Waals surface area contributed by atoms with E-state index in [2.05, 4.69) is 28.3 Å². The number of hydrogen-bond donors (Lipinski definition) is 1. The third-order valence-electron chi connectivity index (χ3n) is 2.87. The molecule has 1 unspecified atom stereocenters. The summed E-state index contributed by atoms with van der Waals surface area (Å²) < 4.78 is 0. The minimum atomic E-state index is 0.471. The summed E-state index contributed by atoms with van der Waals surface area (Å²) >= 11 is 0. The third kappa shape index (κ3) is 2.71. The summed E-state index contributed by atoms with van der Waals surface area (Å²) in [6.45, 7) is 2.24. The molecule has 0 aliphatic carbocycles. The molecule has 2 rings (SSSR count). The lowest BCUT2D eigenvalue weighted by atomic mass is 10.1. The van der Waals surface area contributed by atoms with E-state index in [-0.39, 0.29) is 0 Å². The van der Waals surface area contributed by atoms with Crippen molar-refractivity contribution in [1.29, 1.82) is 5.26 Å². The molecule has 0 amide bonds. The second-order valence-electron chi connectivity index (χ2n) is 4.29. The number of piperidine rings is 1. The zero-order valence-corrected chi connectivity index (χ0v) is 9.48. The van der Waals surface area contributed by atoms with Gasteiger partial charge in [0.2, 0.25) is 0 Å². The molecule has 1 saturated heterocycles. The molecule has 1 aromatic heterocycles. The standard InChI is InChI=1S/C12H16N4/c1-16-6-2-3-11(9-16)15-12-5-4-10(7-13)8-14-12/h4-5,8,11H,2-3,6,9H2,1H3,(H,14,15). The zero-order chi connectivity index (χ0) is 11.4. The van der Waals surface area contributed by atoms with Crippen LogP contribution < -0.4 is 5.32 Å². The van der Waals surface area contributed by atoms with Crippen molar-refractivity contribution >= 4 is 5.82 Å². The van der Waals surface area contributed by atoms with Crippen LogP contribution in [0.15, 0.2) is 18.3 Å². The Labute approximate surface area is 95.9 Å². The summed E-state index contributed by atoms with van der Waals surface area (Å²) in [5.41, 5.74) is 0.603. The topological polar surface area (TPSA) is 52.0 Å². The van der Waals surface area contributed by atoms with Gasteiger partial charge in [0.1, 0.15) is 11.9 Å². The highest BCUT2D eigenvalue weighted by Gasteiger charge is 2.16. The molecule has 4 heteroatoms. The Morgan fingerprint density at radius 2 is 2.44 bits per heavy atom. The summed E-state index contributed by atoms with van der Waals surface area (Å²) in [6, 6.07) is 6.20. The minimum Gasteiger partial charge on any atom is -0.366 e. The lowest BCUT2D eigenvalue weighted by Gasteiger charge is -2.30. The maximum absolute atomic E-state index is 8.67. The predicted octanol–water partition coefficient (Wildman–Crippen LogP) is 1.46. The highest BCUT2D eigenvalue weighted by molar-refractivity contribution is 5.39. The molecule has 0 aromatic carbocycles. The molecular weight excluding hydrogens is 200 g/mol. The molecular formula is C12H16N4. The number of nitriles is 1. The van der Waals surface area contributed by atoms with Crippen molar-refractivity contribution in [3.8, 4) is 6.07 Å². The van der Waals surface area contributed by atoms with Crippen LogP contribution in [0.2, 0.25) is 0 Å². The molecule has 16 heavy (non-hydrogen) atoms. The number of anilines is 1. The van der Waals surface area contributed by atoms with Crippen molar-refractivity contribution in [3.63, 3.8) is 0 Å². The molecule has 1 N–H and O–H groups in total. The number of hydrogen-bond acceptors (Lipinski definition) is 4. The fourth-order valence-electron chi connectivity index (χ4n) is 2.04. The molecule has 0 radical (unpaired) electrons. The van der Waals surface area contributed by atoms with Crippen molar-refractivity contribution in [1.82, 2.24) is 9.88 Å². The molecule has 0 bridgehead atoms. The molecule has 2 heterocycles. The quantitative estimate of drug-likeness (QED) is 0.813. The van der Waals surface area contributed by atoms with Crippen LogP contribution in [0.4, 0.5) is 5.82 Å². The largest absolute Gasteiger partial charge is 0.366 e. The first-order valence-electron chi connectivity index (χ1n) is 5.59. The van der Waals surface area contributed by atoms with E-state index < -0.39 is 0 Å². The van der Waals surface area contributed by atoms with Crippen molar-refractivity contribution in [2.45, 2.75) is 18.9 Å². The zero-order valence-electron chi connectivity index (χ0n) is 9.48. The van der Waals surface area contributed by atoms with Crippen LogP contribution in [-0.2, 0) is 0 Å². The van der Waals surface area contributed by atoms with Crippen LogP contribution in [0.5, 0.6) is 0 Å². The van der Waals surface area contributed by atoms with Crippen LogP contribution >= 0.6 is 0 Å². The second-order valence-corrected chi connectivity index (χ2v) is 4.29. The Kier molecular flexibility index (Phi) is 3.37. The van der Waals surface area contributed by atoms with Crippen LogP contribution in [-0.4, -0.2) is 36.1 Å². The first-order valence-corrected chi connectivity index (χ1v) is 5.59. The van der Waals surface area contributed by atoms with Gasteiger partial charge in [0.15, 0.2) is 0 Å². The van der Waals surface area contributed by atoms with Crippen LogP contribution in [0.25, 0.3) is 0 Å². The fourth-order valence-corrected chi connectivity index (χ4v) is 2.04. The van der Waals surface area contributed by atoms with Gasteiger partial charge >= 0.3 is 0 Å². The summed E-state index contributed by atoms with van der Waals surface area (Å²) in [5.74, 6) is 0.860. The number of rotatable bonds is 2. The Hall–Kier alpha value is -1.60. The molecule has 1 atom stereocenters. The minimum absolute atomic E-state index is 0.471. The van der Waals surface area contributed by atoms with E-state index in [1.165, 1.54) is 19.4 Å². The van der Waals surface area contributed by atoms with Crippen LogP contribution in [0, 0.1) is 11.3 Å². The van der Waals surface area contributed by atoms with E-state index in [4.69, 9.17) is 5.26 Å². The number of nitrogens with one attached hydrogen (secondary N) is 1. The first kappa shape index (κ1) is 10.9. The molecule has 1 aromatic rings. The van der Waals surface area contributed by atoms with Crippen molar-refractivity contribution < 1.29 is 0 Å². The number of likely N-dealkylation sites (N-methyl/N-ethyl adjacent to an activating group) is 1. The average Bonchev–Trinajstić information content (AvgIpc) is 2.30. The molecule has 0 saturated carbocycles. The van der Waals surface area contributed by atoms with Crippen molar-refractivity contribution in [3.05, 3.63) is 23.9 Å². The molecule has 1 aliphatic heterocycles. The maximum atomic E-state index is 8.67. The number of likely N-dealkylation sites (tertiary alicyclic amines) is 1. The van der Waals surface area contributed by atoms with Gasteiger partial charge in [-0.3, -0.25) is 0 Å². The normalized spacial score (nSPS) is 21.4. The monoisotopic (exact) mass is 216 g/mol. The molecule has 0 spiro atoms. The van der Waals surface area contributed by atoms with E-state index in [1.54, 1.807) is 12.3 Å². The highest BCUT2D eigenvalue weighted by atomic mass is 15.1. The van der Waals surface area contributed by atoms with Crippen LogP contribution in [0.1, 0.15) is 18.4 Å². The predicted molar refractivity (Wildman–Crippen MR) is 63.1 cm³/mol. The van der Waals surface area contributed by atoms with E-state index in [0.29, 0.717) is 11.6 Å². The Bertz CT molecular complexity index is 379. The number of nitrogens with zero attached hydrogens (tertiary/aromatic N) is 3. The Morgan fingerprint density at radius 3 is 3.06 bits per heavy atom. The van der Waals surface area contributed by atoms with Gasteiger partial charge in [0.25, 0.3) is 0 Å². The summed E-state index contributed by atoms with van der Waals surface area (Å²) in [5, 5.41) is 12.1. The molecule has 1 aliphatic rings. The van der Waals surface area contributed by atoms with Gasteiger partial charge in [-0.2, -0.15) is 5.26 Å². The summed E-state index contributed by atoms with van der Waals surface area (Å²) in [4.78, 5) is 6.54. The molecule has 4 nitrogen and oxygen atoms in total. The third-order valence-corrected chi connectivity index (χ3v) is 2.87. The van der Waals surface area contributed by atoms with E-state index >= 15 is 0 Å². The van der Waals surface area contributed by atoms with Gasteiger partial charge in [0, 0.05) is 18.8 Å².